The third-order valence-electron chi connectivity index (χ3n) is 4.35. The molecule has 1 amide bonds. The zero-order valence-electron chi connectivity index (χ0n) is 14.7. The molecular formula is C22H15Cl2N3O. The van der Waals surface area contributed by atoms with Crippen molar-refractivity contribution in [3.8, 4) is 11.4 Å². The zero-order chi connectivity index (χ0) is 19.7. The average molecular weight is 408 g/mol. The van der Waals surface area contributed by atoms with E-state index in [1.807, 2.05) is 24.3 Å². The molecule has 0 spiro atoms. The number of hydrogen-bond donors (Lipinski definition) is 2. The molecule has 0 saturated heterocycles. The van der Waals surface area contributed by atoms with E-state index in [0.717, 1.165) is 16.6 Å². The number of hydrogen-bond acceptors (Lipinski definition) is 2. The van der Waals surface area contributed by atoms with Gasteiger partial charge in [0.15, 0.2) is 0 Å². The highest BCUT2D eigenvalue weighted by Gasteiger charge is 2.14. The Kier molecular flexibility index (Phi) is 4.90. The third-order valence-corrected chi connectivity index (χ3v) is 4.98. The number of benzene rings is 3. The van der Waals surface area contributed by atoms with Gasteiger partial charge < -0.3 is 10.3 Å². The van der Waals surface area contributed by atoms with Crippen molar-refractivity contribution in [2.24, 2.45) is 0 Å². The highest BCUT2D eigenvalue weighted by molar-refractivity contribution is 6.39. The van der Waals surface area contributed by atoms with Gasteiger partial charge in [0.2, 0.25) is 0 Å². The summed E-state index contributed by atoms with van der Waals surface area (Å²) in [5.74, 6) is 0.350. The van der Waals surface area contributed by atoms with E-state index in [0.29, 0.717) is 32.7 Å². The second-order valence-corrected chi connectivity index (χ2v) is 7.01. The van der Waals surface area contributed by atoms with Gasteiger partial charge in [0.05, 0.1) is 26.6 Å². The normalized spacial score (nSPS) is 10.8. The first-order valence-corrected chi connectivity index (χ1v) is 9.29. The van der Waals surface area contributed by atoms with Gasteiger partial charge in [-0.15, -0.1) is 0 Å². The maximum absolute atomic E-state index is 12.6. The second-order valence-electron chi connectivity index (χ2n) is 6.19. The van der Waals surface area contributed by atoms with Crippen LogP contribution in [0.2, 0.25) is 10.0 Å². The number of carbonyl (C=O) groups is 1. The standard InChI is InChI=1S/C22H15Cl2N3O/c1-2-13-6-9-15(10-7-13)25-22(28)14-8-11-18-19(12-14)27-21(26-18)20-16(23)4-3-5-17(20)24/h2-12H,1H2,(H,25,28)(H,26,27). The fourth-order valence-corrected chi connectivity index (χ4v) is 3.48. The summed E-state index contributed by atoms with van der Waals surface area (Å²) >= 11 is 12.5. The topological polar surface area (TPSA) is 57.8 Å². The largest absolute Gasteiger partial charge is 0.338 e. The number of rotatable bonds is 4. The van der Waals surface area contributed by atoms with E-state index >= 15 is 0 Å². The van der Waals surface area contributed by atoms with E-state index in [1.165, 1.54) is 0 Å². The Bertz CT molecular complexity index is 1180. The lowest BCUT2D eigenvalue weighted by molar-refractivity contribution is 0.102. The van der Waals surface area contributed by atoms with Crippen molar-refractivity contribution in [2.75, 3.05) is 5.32 Å². The molecule has 4 nitrogen and oxygen atoms in total. The number of carbonyl (C=O) groups excluding carboxylic acids is 1. The first kappa shape index (κ1) is 18.3. The highest BCUT2D eigenvalue weighted by Crippen LogP contribution is 2.33. The van der Waals surface area contributed by atoms with Crippen molar-refractivity contribution in [1.82, 2.24) is 9.97 Å². The van der Waals surface area contributed by atoms with Crippen LogP contribution >= 0.6 is 23.2 Å². The number of fused-ring (bicyclic) bond motifs is 1. The van der Waals surface area contributed by atoms with Crippen LogP contribution in [0.15, 0.2) is 67.2 Å². The maximum Gasteiger partial charge on any atom is 0.255 e. The number of aromatic amines is 1. The minimum Gasteiger partial charge on any atom is -0.338 e. The van der Waals surface area contributed by atoms with Crippen molar-refractivity contribution in [2.45, 2.75) is 0 Å². The van der Waals surface area contributed by atoms with E-state index in [2.05, 4.69) is 21.9 Å². The van der Waals surface area contributed by atoms with Crippen molar-refractivity contribution in [3.63, 3.8) is 0 Å². The van der Waals surface area contributed by atoms with Crippen LogP contribution in [0.5, 0.6) is 0 Å². The highest BCUT2D eigenvalue weighted by atomic mass is 35.5. The number of amides is 1. The Morgan fingerprint density at radius 3 is 2.43 bits per heavy atom. The van der Waals surface area contributed by atoms with Gasteiger partial charge >= 0.3 is 0 Å². The summed E-state index contributed by atoms with van der Waals surface area (Å²) in [6.45, 7) is 3.72. The van der Waals surface area contributed by atoms with Gasteiger partial charge in [-0.1, -0.05) is 54.1 Å². The number of imidazole rings is 1. The Morgan fingerprint density at radius 1 is 1.04 bits per heavy atom. The molecule has 138 valence electrons. The lowest BCUT2D eigenvalue weighted by Crippen LogP contribution is -2.11. The predicted octanol–water partition coefficient (Wildman–Crippen LogP) is 6.43. The molecule has 4 rings (SSSR count). The molecule has 2 N–H and O–H groups in total. The van der Waals surface area contributed by atoms with E-state index in [4.69, 9.17) is 23.2 Å². The fourth-order valence-electron chi connectivity index (χ4n) is 2.90. The van der Waals surface area contributed by atoms with Crippen molar-refractivity contribution >= 4 is 51.9 Å². The summed E-state index contributed by atoms with van der Waals surface area (Å²) in [5.41, 5.74) is 4.29. The van der Waals surface area contributed by atoms with Crippen molar-refractivity contribution < 1.29 is 4.79 Å². The molecule has 0 saturated carbocycles. The van der Waals surface area contributed by atoms with Crippen LogP contribution in [0.1, 0.15) is 15.9 Å². The SMILES string of the molecule is C=Cc1ccc(NC(=O)c2ccc3nc(-c4c(Cl)cccc4Cl)[nH]c3c2)cc1. The summed E-state index contributed by atoms with van der Waals surface area (Å²) in [5, 5.41) is 3.90. The van der Waals surface area contributed by atoms with E-state index < -0.39 is 0 Å². The van der Waals surface area contributed by atoms with E-state index in [9.17, 15) is 4.79 Å². The number of halogens is 2. The first-order valence-electron chi connectivity index (χ1n) is 8.53. The number of nitrogens with zero attached hydrogens (tertiary/aromatic N) is 1. The Hall–Kier alpha value is -3.08. The summed E-state index contributed by atoms with van der Waals surface area (Å²) in [6, 6.07) is 18.0. The number of aromatic nitrogens is 2. The van der Waals surface area contributed by atoms with Gasteiger partial charge in [-0.05, 0) is 48.0 Å². The van der Waals surface area contributed by atoms with E-state index in [1.54, 1.807) is 42.5 Å². The minimum absolute atomic E-state index is 0.208. The second kappa shape index (κ2) is 7.50. The van der Waals surface area contributed by atoms with Crippen LogP contribution in [0.4, 0.5) is 5.69 Å². The van der Waals surface area contributed by atoms with Crippen LogP contribution in [0.25, 0.3) is 28.5 Å². The Morgan fingerprint density at radius 2 is 1.75 bits per heavy atom. The fraction of sp³-hybridized carbons (Fsp3) is 0. The van der Waals surface area contributed by atoms with Crippen LogP contribution < -0.4 is 5.32 Å². The zero-order valence-corrected chi connectivity index (χ0v) is 16.2. The molecule has 4 aromatic rings. The molecule has 0 unspecified atom stereocenters. The van der Waals surface area contributed by atoms with Gasteiger partial charge in [-0.3, -0.25) is 4.79 Å². The van der Waals surface area contributed by atoms with Crippen LogP contribution in [0, 0.1) is 0 Å². The van der Waals surface area contributed by atoms with Gasteiger partial charge in [0.25, 0.3) is 5.91 Å². The minimum atomic E-state index is -0.208. The number of H-pyrrole nitrogens is 1. The third kappa shape index (κ3) is 3.52. The lowest BCUT2D eigenvalue weighted by atomic mass is 10.1. The van der Waals surface area contributed by atoms with Crippen molar-refractivity contribution in [3.05, 3.63) is 88.4 Å². The molecule has 0 aliphatic heterocycles. The smallest absolute Gasteiger partial charge is 0.255 e. The molecule has 6 heteroatoms. The molecular weight excluding hydrogens is 393 g/mol. The quantitative estimate of drug-likeness (QED) is 0.409. The van der Waals surface area contributed by atoms with E-state index in [-0.39, 0.29) is 5.91 Å². The molecule has 0 aliphatic rings. The molecule has 3 aromatic carbocycles. The Labute approximate surface area is 171 Å². The van der Waals surface area contributed by atoms with Crippen LogP contribution in [-0.4, -0.2) is 15.9 Å². The van der Waals surface area contributed by atoms with Gasteiger partial charge in [-0.25, -0.2) is 4.98 Å². The molecule has 0 bridgehead atoms. The summed E-state index contributed by atoms with van der Waals surface area (Å²) in [4.78, 5) is 20.3. The Balaban J connectivity index is 1.64. The monoisotopic (exact) mass is 407 g/mol. The van der Waals surface area contributed by atoms with Gasteiger partial charge in [-0.2, -0.15) is 0 Å². The molecule has 0 fully saturated rings. The summed E-state index contributed by atoms with van der Waals surface area (Å²) < 4.78 is 0. The maximum atomic E-state index is 12.6. The van der Waals surface area contributed by atoms with Crippen LogP contribution in [-0.2, 0) is 0 Å². The molecule has 1 heterocycles. The summed E-state index contributed by atoms with van der Waals surface area (Å²) in [7, 11) is 0. The van der Waals surface area contributed by atoms with Gasteiger partial charge in [0, 0.05) is 11.3 Å². The number of nitrogens with one attached hydrogen (secondary N) is 2. The predicted molar refractivity (Wildman–Crippen MR) is 116 cm³/mol. The lowest BCUT2D eigenvalue weighted by Gasteiger charge is -2.05. The first-order chi connectivity index (χ1) is 13.5. The molecule has 28 heavy (non-hydrogen) atoms. The average Bonchev–Trinajstić information content (AvgIpc) is 3.11. The number of anilines is 1. The van der Waals surface area contributed by atoms with Crippen molar-refractivity contribution in [1.29, 1.82) is 0 Å². The molecule has 0 aliphatic carbocycles. The molecule has 1 aromatic heterocycles. The van der Waals surface area contributed by atoms with Crippen LogP contribution in [0.3, 0.4) is 0 Å². The molecule has 0 atom stereocenters. The summed E-state index contributed by atoms with van der Waals surface area (Å²) in [6.07, 6.45) is 1.75. The molecule has 0 radical (unpaired) electrons. The van der Waals surface area contributed by atoms with Gasteiger partial charge in [0.1, 0.15) is 5.82 Å².